The summed E-state index contributed by atoms with van der Waals surface area (Å²) in [5, 5.41) is 5.30. The second-order valence-electron chi connectivity index (χ2n) is 6.41. The molecule has 4 atom stereocenters. The van der Waals surface area contributed by atoms with Gasteiger partial charge >= 0.3 is 0 Å². The van der Waals surface area contributed by atoms with Gasteiger partial charge in [-0.3, -0.25) is 0 Å². The second kappa shape index (κ2) is 4.78. The van der Waals surface area contributed by atoms with Crippen LogP contribution in [0, 0.1) is 17.8 Å². The minimum Gasteiger partial charge on any atom is -0.458 e. The average molecular weight is 290 g/mol. The summed E-state index contributed by atoms with van der Waals surface area (Å²) in [6.45, 7) is 0. The summed E-state index contributed by atoms with van der Waals surface area (Å²) in [4.78, 5) is 0. The molecule has 1 heterocycles. The van der Waals surface area contributed by atoms with Crippen LogP contribution in [0.25, 0.3) is 11.0 Å². The zero-order valence-electron chi connectivity index (χ0n) is 11.7. The second-order valence-corrected chi connectivity index (χ2v) is 6.82. The normalized spacial score (nSPS) is 30.2. The van der Waals surface area contributed by atoms with E-state index in [1.807, 2.05) is 19.2 Å². The van der Waals surface area contributed by atoms with Gasteiger partial charge in [0.15, 0.2) is 5.58 Å². The molecule has 2 aromatic rings. The summed E-state index contributed by atoms with van der Waals surface area (Å²) in [6.07, 6.45) is 5.60. The van der Waals surface area contributed by atoms with Crippen molar-refractivity contribution in [3.05, 3.63) is 35.0 Å². The van der Waals surface area contributed by atoms with E-state index in [-0.39, 0.29) is 0 Å². The quantitative estimate of drug-likeness (QED) is 0.879. The first-order chi connectivity index (χ1) is 9.76. The standard InChI is InChI=1S/C17H20ClNO/c1-19-16(13-8-10-5-6-11(13)7-10)15-9-12-3-2-4-14(18)17(12)20-15/h2-4,9-11,13,16,19H,5-8H2,1H3. The molecule has 2 bridgehead atoms. The largest absolute Gasteiger partial charge is 0.458 e. The van der Waals surface area contributed by atoms with Crippen molar-refractivity contribution < 1.29 is 4.42 Å². The molecule has 1 N–H and O–H groups in total. The molecule has 2 fully saturated rings. The fourth-order valence-electron chi connectivity index (χ4n) is 4.47. The Morgan fingerprint density at radius 3 is 2.85 bits per heavy atom. The van der Waals surface area contributed by atoms with Crippen LogP contribution in [0.3, 0.4) is 0 Å². The van der Waals surface area contributed by atoms with Crippen LogP contribution in [0.1, 0.15) is 37.5 Å². The average Bonchev–Trinajstić information content (AvgIpc) is 3.14. The molecule has 1 aromatic carbocycles. The Hall–Kier alpha value is -0.990. The van der Waals surface area contributed by atoms with Gasteiger partial charge in [0.25, 0.3) is 0 Å². The predicted molar refractivity (Wildman–Crippen MR) is 82.0 cm³/mol. The first-order valence-corrected chi connectivity index (χ1v) is 7.99. The van der Waals surface area contributed by atoms with Crippen molar-refractivity contribution in [2.24, 2.45) is 17.8 Å². The fraction of sp³-hybridized carbons (Fsp3) is 0.529. The van der Waals surface area contributed by atoms with Crippen molar-refractivity contribution in [2.75, 3.05) is 7.05 Å². The highest BCUT2D eigenvalue weighted by molar-refractivity contribution is 6.34. The highest BCUT2D eigenvalue weighted by atomic mass is 35.5. The lowest BCUT2D eigenvalue weighted by atomic mass is 9.82. The van der Waals surface area contributed by atoms with E-state index in [9.17, 15) is 0 Å². The molecule has 0 amide bonds. The molecule has 20 heavy (non-hydrogen) atoms. The molecule has 2 aliphatic rings. The maximum atomic E-state index is 6.23. The SMILES string of the molecule is CNC(c1cc2cccc(Cl)c2o1)C1CC2CCC1C2. The molecule has 1 aromatic heterocycles. The van der Waals surface area contributed by atoms with E-state index in [0.29, 0.717) is 11.1 Å². The van der Waals surface area contributed by atoms with Crippen LogP contribution in [-0.4, -0.2) is 7.05 Å². The maximum Gasteiger partial charge on any atom is 0.152 e. The molecule has 0 saturated heterocycles. The number of furan rings is 1. The van der Waals surface area contributed by atoms with Gasteiger partial charge in [-0.2, -0.15) is 0 Å². The lowest BCUT2D eigenvalue weighted by Crippen LogP contribution is -2.28. The predicted octanol–water partition coefficient (Wildman–Crippen LogP) is 4.78. The number of rotatable bonds is 3. The monoisotopic (exact) mass is 289 g/mol. The van der Waals surface area contributed by atoms with E-state index in [1.54, 1.807) is 0 Å². The van der Waals surface area contributed by atoms with Crippen LogP contribution in [0.2, 0.25) is 5.02 Å². The summed E-state index contributed by atoms with van der Waals surface area (Å²) in [5.41, 5.74) is 0.826. The molecule has 2 saturated carbocycles. The molecule has 2 nitrogen and oxygen atoms in total. The lowest BCUT2D eigenvalue weighted by Gasteiger charge is -2.28. The minimum absolute atomic E-state index is 0.328. The number of para-hydroxylation sites is 1. The molecule has 0 radical (unpaired) electrons. The molecule has 3 heteroatoms. The molecule has 106 valence electrons. The van der Waals surface area contributed by atoms with E-state index in [2.05, 4.69) is 17.4 Å². The third-order valence-corrected chi connectivity index (χ3v) is 5.65. The first-order valence-electron chi connectivity index (χ1n) is 7.61. The van der Waals surface area contributed by atoms with Gasteiger partial charge in [-0.05, 0) is 56.2 Å². The van der Waals surface area contributed by atoms with E-state index in [1.165, 1.54) is 25.7 Å². The van der Waals surface area contributed by atoms with Crippen LogP contribution in [-0.2, 0) is 0 Å². The first kappa shape index (κ1) is 12.7. The third-order valence-electron chi connectivity index (χ3n) is 5.35. The summed E-state index contributed by atoms with van der Waals surface area (Å²) in [5.74, 6) is 3.60. The number of benzene rings is 1. The highest BCUT2D eigenvalue weighted by Gasteiger charge is 2.44. The van der Waals surface area contributed by atoms with Crippen LogP contribution >= 0.6 is 11.6 Å². The van der Waals surface area contributed by atoms with Crippen LogP contribution in [0.15, 0.2) is 28.7 Å². The number of halogens is 1. The van der Waals surface area contributed by atoms with Crippen molar-refractivity contribution in [1.82, 2.24) is 5.32 Å². The summed E-state index contributed by atoms with van der Waals surface area (Å²) in [7, 11) is 2.05. The van der Waals surface area contributed by atoms with Gasteiger partial charge in [0.2, 0.25) is 0 Å². The minimum atomic E-state index is 0.328. The van der Waals surface area contributed by atoms with Gasteiger partial charge in [-0.15, -0.1) is 0 Å². The van der Waals surface area contributed by atoms with E-state index in [4.69, 9.17) is 16.0 Å². The molecule has 4 unspecified atom stereocenters. The maximum absolute atomic E-state index is 6.23. The van der Waals surface area contributed by atoms with Crippen molar-refractivity contribution >= 4 is 22.6 Å². The van der Waals surface area contributed by atoms with E-state index < -0.39 is 0 Å². The van der Waals surface area contributed by atoms with Gasteiger partial charge in [-0.25, -0.2) is 0 Å². The molecule has 2 aliphatic carbocycles. The Bertz CT molecular complexity index is 635. The topological polar surface area (TPSA) is 25.2 Å². The van der Waals surface area contributed by atoms with Gasteiger partial charge < -0.3 is 9.73 Å². The van der Waals surface area contributed by atoms with Gasteiger partial charge in [0.1, 0.15) is 5.76 Å². The lowest BCUT2D eigenvalue weighted by molar-refractivity contribution is 0.237. The number of hydrogen-bond acceptors (Lipinski definition) is 2. The number of fused-ring (bicyclic) bond motifs is 3. The number of hydrogen-bond donors (Lipinski definition) is 1. The molecule has 0 aliphatic heterocycles. The molecule has 0 spiro atoms. The van der Waals surface area contributed by atoms with E-state index in [0.717, 1.165) is 34.5 Å². The van der Waals surface area contributed by atoms with E-state index >= 15 is 0 Å². The smallest absolute Gasteiger partial charge is 0.152 e. The Balaban J connectivity index is 1.71. The Morgan fingerprint density at radius 1 is 1.30 bits per heavy atom. The fourth-order valence-corrected chi connectivity index (χ4v) is 4.69. The zero-order chi connectivity index (χ0) is 13.7. The molecular weight excluding hydrogens is 270 g/mol. The summed E-state index contributed by atoms with van der Waals surface area (Å²) in [6, 6.07) is 8.43. The zero-order valence-corrected chi connectivity index (χ0v) is 12.5. The summed E-state index contributed by atoms with van der Waals surface area (Å²) >= 11 is 6.23. The van der Waals surface area contributed by atoms with Crippen molar-refractivity contribution in [3.8, 4) is 0 Å². The molecular formula is C17H20ClNO. The highest BCUT2D eigenvalue weighted by Crippen LogP contribution is 2.52. The van der Waals surface area contributed by atoms with Gasteiger partial charge in [0.05, 0.1) is 11.1 Å². The van der Waals surface area contributed by atoms with Gasteiger partial charge in [0, 0.05) is 5.39 Å². The summed E-state index contributed by atoms with van der Waals surface area (Å²) < 4.78 is 6.08. The Kier molecular flexibility index (Phi) is 3.04. The third kappa shape index (κ3) is 1.89. The van der Waals surface area contributed by atoms with Gasteiger partial charge in [-0.1, -0.05) is 30.2 Å². The Labute approximate surface area is 124 Å². The Morgan fingerprint density at radius 2 is 2.20 bits per heavy atom. The molecule has 4 rings (SSSR count). The van der Waals surface area contributed by atoms with Crippen molar-refractivity contribution in [3.63, 3.8) is 0 Å². The van der Waals surface area contributed by atoms with Crippen LogP contribution in [0.4, 0.5) is 0 Å². The number of nitrogens with one attached hydrogen (secondary N) is 1. The van der Waals surface area contributed by atoms with Crippen LogP contribution < -0.4 is 5.32 Å². The van der Waals surface area contributed by atoms with Crippen LogP contribution in [0.5, 0.6) is 0 Å². The van der Waals surface area contributed by atoms with Crippen molar-refractivity contribution in [2.45, 2.75) is 31.7 Å². The van der Waals surface area contributed by atoms with Crippen molar-refractivity contribution in [1.29, 1.82) is 0 Å².